The summed E-state index contributed by atoms with van der Waals surface area (Å²) in [6.07, 6.45) is 1.42. The maximum atomic E-state index is 10.9. The molecule has 0 saturated carbocycles. The molecule has 0 heterocycles. The van der Waals surface area contributed by atoms with Crippen molar-refractivity contribution in [3.05, 3.63) is 35.5 Å². The van der Waals surface area contributed by atoms with Gasteiger partial charge in [-0.05, 0) is 43.3 Å². The van der Waals surface area contributed by atoms with E-state index in [-0.39, 0.29) is 29.5 Å². The molecule has 13 heteroatoms. The summed E-state index contributed by atoms with van der Waals surface area (Å²) in [5, 5.41) is 15.8. The number of nitrogens with zero attached hydrogens (tertiary/aromatic N) is 3. The van der Waals surface area contributed by atoms with Crippen LogP contribution in [-0.4, -0.2) is 50.7 Å². The maximum Gasteiger partial charge on any atom is 2.00 e. The van der Waals surface area contributed by atoms with Crippen LogP contribution in [0.2, 0.25) is 0 Å². The summed E-state index contributed by atoms with van der Waals surface area (Å²) in [7, 11) is 1.18. The van der Waals surface area contributed by atoms with Gasteiger partial charge in [0.2, 0.25) is 0 Å². The van der Waals surface area contributed by atoms with Gasteiger partial charge in [0.15, 0.2) is 0 Å². The van der Waals surface area contributed by atoms with E-state index in [1.54, 1.807) is 20.9 Å². The smallest absolute Gasteiger partial charge is 0.761 e. The Morgan fingerprint density at radius 1 is 1.10 bits per heavy atom. The van der Waals surface area contributed by atoms with Crippen molar-refractivity contribution in [2.24, 2.45) is 15.2 Å². The van der Waals surface area contributed by atoms with Crippen molar-refractivity contribution in [1.82, 2.24) is 5.32 Å². The van der Waals surface area contributed by atoms with Gasteiger partial charge in [0.05, 0.1) is 30.4 Å². The van der Waals surface area contributed by atoms with Crippen LogP contribution in [0.25, 0.3) is 0 Å². The fourth-order valence-electron chi connectivity index (χ4n) is 1.37. The third-order valence-corrected chi connectivity index (χ3v) is 4.16. The second kappa shape index (κ2) is 15.4. The number of benzene rings is 1. The molecule has 1 aromatic carbocycles. The summed E-state index contributed by atoms with van der Waals surface area (Å²) in [6.45, 7) is 3.47. The van der Waals surface area contributed by atoms with E-state index in [1.807, 2.05) is 19.4 Å². The predicted molar refractivity (Wildman–Crippen MR) is 117 cm³/mol. The van der Waals surface area contributed by atoms with Crippen molar-refractivity contribution >= 4 is 57.7 Å². The van der Waals surface area contributed by atoms with Gasteiger partial charge < -0.3 is 45.8 Å². The Morgan fingerprint density at radius 2 is 1.62 bits per heavy atom. The molecule has 0 radical (unpaired) electrons. The van der Waals surface area contributed by atoms with E-state index < -0.39 is 10.1 Å². The first-order valence-electron chi connectivity index (χ1n) is 8.01. The first-order chi connectivity index (χ1) is 13.0. The van der Waals surface area contributed by atoms with Gasteiger partial charge >= 0.3 is 19.5 Å². The zero-order valence-corrected chi connectivity index (χ0v) is 22.4. The van der Waals surface area contributed by atoms with E-state index >= 15 is 0 Å². The molecule has 1 rings (SSSR count). The zero-order valence-electron chi connectivity index (χ0n) is 17.0. The molecule has 0 amide bonds. The molecule has 0 aliphatic carbocycles. The topological polar surface area (TPSA) is 135 Å². The first kappa shape index (κ1) is 29.7. The molecular formula is C16H24N6O3S3Zn. The largest absolute Gasteiger partial charge is 2.00 e. The molecule has 0 aromatic heterocycles. The third-order valence-electron chi connectivity index (χ3n) is 2.81. The monoisotopic (exact) mass is 508 g/mol. The van der Waals surface area contributed by atoms with Gasteiger partial charge in [-0.25, -0.2) is 8.42 Å². The van der Waals surface area contributed by atoms with Crippen LogP contribution >= 0.6 is 0 Å². The number of aliphatic imine (C=N–C) groups is 1. The molecule has 9 nitrogen and oxygen atoms in total. The van der Waals surface area contributed by atoms with Crippen molar-refractivity contribution in [3.63, 3.8) is 0 Å². The average molecular weight is 510 g/mol. The van der Waals surface area contributed by atoms with Crippen molar-refractivity contribution in [2.75, 3.05) is 26.5 Å². The molecule has 0 saturated heterocycles. The van der Waals surface area contributed by atoms with E-state index in [0.29, 0.717) is 22.1 Å². The van der Waals surface area contributed by atoms with Gasteiger partial charge in [-0.1, -0.05) is 5.03 Å². The Hall–Kier alpha value is -1.50. The number of hydrogen-bond acceptors (Lipinski definition) is 9. The van der Waals surface area contributed by atoms with Crippen LogP contribution in [0.5, 0.6) is 0 Å². The summed E-state index contributed by atoms with van der Waals surface area (Å²) in [6, 6.07) is 5.27. The van der Waals surface area contributed by atoms with Crippen molar-refractivity contribution in [2.45, 2.75) is 18.7 Å². The minimum absolute atomic E-state index is 0. The van der Waals surface area contributed by atoms with Crippen LogP contribution in [0.15, 0.2) is 55.6 Å². The number of anilines is 1. The maximum absolute atomic E-state index is 10.9. The summed E-state index contributed by atoms with van der Waals surface area (Å²) in [4.78, 5) is 3.86. The number of rotatable bonds is 6. The summed E-state index contributed by atoms with van der Waals surface area (Å²) in [5.74, 6) is 0. The molecule has 0 atom stereocenters. The fraction of sp³-hybridized carbons (Fsp3) is 0.312. The molecule has 4 N–H and O–H groups in total. The van der Waals surface area contributed by atoms with Gasteiger partial charge in [-0.15, -0.1) is 0 Å². The summed E-state index contributed by atoms with van der Waals surface area (Å²) >= 11 is 9.98. The molecule has 0 fully saturated rings. The quantitative estimate of drug-likeness (QED) is 0.124. The van der Waals surface area contributed by atoms with Gasteiger partial charge in [0.1, 0.15) is 10.1 Å². The molecule has 0 spiro atoms. The minimum Gasteiger partial charge on any atom is -0.761 e. The Morgan fingerprint density at radius 3 is 2.07 bits per heavy atom. The van der Waals surface area contributed by atoms with E-state index in [2.05, 4.69) is 25.8 Å². The number of quaternary nitrogens is 1. The van der Waals surface area contributed by atoms with Crippen LogP contribution in [0.1, 0.15) is 13.8 Å². The van der Waals surface area contributed by atoms with Gasteiger partial charge in [0, 0.05) is 18.9 Å². The van der Waals surface area contributed by atoms with E-state index in [0.717, 1.165) is 0 Å². The molecule has 156 valence electrons. The zero-order chi connectivity index (χ0) is 21.7. The van der Waals surface area contributed by atoms with Crippen LogP contribution in [0.4, 0.5) is 5.69 Å². The van der Waals surface area contributed by atoms with E-state index in [1.165, 1.54) is 30.5 Å². The SMILES string of the molecule is CNC([S-])=NN=C(C)C(C)=NC=C([S-])Nc1ccc(S(=O)(=O)[O-])cc1.C[NH2+]C.[Zn+2]. The summed E-state index contributed by atoms with van der Waals surface area (Å²) in [5.41, 5.74) is 1.70. The fourth-order valence-corrected chi connectivity index (χ4v) is 2.05. The summed E-state index contributed by atoms with van der Waals surface area (Å²) < 4.78 is 32.6. The molecule has 0 aliphatic rings. The minimum atomic E-state index is -4.47. The Balaban J connectivity index is 0. The Bertz CT molecular complexity index is 853. The number of nitrogens with two attached hydrogens (primary N) is 1. The Kier molecular flexibility index (Phi) is 15.7. The molecule has 0 unspecified atom stereocenters. The van der Waals surface area contributed by atoms with Gasteiger partial charge in [-0.2, -0.15) is 10.2 Å². The number of hydrogen-bond donors (Lipinski definition) is 3. The van der Waals surface area contributed by atoms with Crippen LogP contribution in [0, 0.1) is 0 Å². The van der Waals surface area contributed by atoms with Crippen LogP contribution in [0.3, 0.4) is 0 Å². The standard InChI is InChI=1S/C14H19N5O3S3.C2H7N.Zn/c1-9(10(2)18-19-14(24)15-3)16-8-13(23)17-11-4-6-12(7-5-11)25(20,21)22;1-3-2;/h4-8,17,23H,1-3H3,(H2,15,19,24)(H,20,21,22);3H,1-2H3;/q;;+2/p-2. The second-order valence-electron chi connectivity index (χ2n) is 5.23. The Labute approximate surface area is 196 Å². The molecule has 0 bridgehead atoms. The third kappa shape index (κ3) is 13.4. The van der Waals surface area contributed by atoms with Crippen molar-refractivity contribution in [1.29, 1.82) is 0 Å². The number of nitrogens with one attached hydrogen (secondary N) is 2. The normalized spacial score (nSPS) is 13.0. The van der Waals surface area contributed by atoms with Crippen molar-refractivity contribution in [3.8, 4) is 0 Å². The first-order valence-corrected chi connectivity index (χ1v) is 10.2. The van der Waals surface area contributed by atoms with E-state index in [9.17, 15) is 13.0 Å². The van der Waals surface area contributed by atoms with E-state index in [4.69, 9.17) is 25.3 Å². The van der Waals surface area contributed by atoms with Crippen molar-refractivity contribution < 1.29 is 37.8 Å². The predicted octanol–water partition coefficient (Wildman–Crippen LogP) is 0.114. The number of amidine groups is 1. The van der Waals surface area contributed by atoms with Crippen LogP contribution < -0.4 is 16.0 Å². The second-order valence-corrected chi connectivity index (χ2v) is 7.44. The molecular weight excluding hydrogens is 486 g/mol. The van der Waals surface area contributed by atoms with Gasteiger partial charge in [-0.3, -0.25) is 4.99 Å². The molecule has 0 aliphatic heterocycles. The average Bonchev–Trinajstić information content (AvgIpc) is 2.64. The van der Waals surface area contributed by atoms with Crippen LogP contribution in [-0.2, 0) is 54.9 Å². The molecule has 1 aromatic rings. The molecule has 29 heavy (non-hydrogen) atoms. The van der Waals surface area contributed by atoms with Gasteiger partial charge in [0.25, 0.3) is 0 Å².